The third kappa shape index (κ3) is 2.30. The van der Waals surface area contributed by atoms with Crippen LogP contribution in [0.15, 0.2) is 36.4 Å². The van der Waals surface area contributed by atoms with Gasteiger partial charge in [-0.1, -0.05) is 12.1 Å². The maximum atomic E-state index is 11.7. The molecule has 0 heterocycles. The predicted molar refractivity (Wildman–Crippen MR) is 88.1 cm³/mol. The summed E-state index contributed by atoms with van der Waals surface area (Å²) in [7, 11) is 4.66. The molecular formula is C18H16O5. The van der Waals surface area contributed by atoms with Gasteiger partial charge in [-0.25, -0.2) is 4.79 Å². The number of ether oxygens (including phenoxy) is 3. The molecule has 3 aromatic carbocycles. The Balaban J connectivity index is 2.57. The molecule has 0 bridgehead atoms. The summed E-state index contributed by atoms with van der Waals surface area (Å²) in [5.74, 6) is 0.704. The molecule has 23 heavy (non-hydrogen) atoms. The van der Waals surface area contributed by atoms with Gasteiger partial charge < -0.3 is 19.3 Å². The minimum absolute atomic E-state index is 0.210. The van der Waals surface area contributed by atoms with E-state index < -0.39 is 5.97 Å². The molecule has 3 rings (SSSR count). The van der Waals surface area contributed by atoms with Crippen molar-refractivity contribution in [1.29, 1.82) is 0 Å². The third-order valence-electron chi connectivity index (χ3n) is 3.89. The van der Waals surface area contributed by atoms with Crippen molar-refractivity contribution in [3.8, 4) is 17.2 Å². The highest BCUT2D eigenvalue weighted by Gasteiger charge is 2.17. The molecule has 0 unspecified atom stereocenters. The Hall–Kier alpha value is -2.95. The Kier molecular flexibility index (Phi) is 3.70. The van der Waals surface area contributed by atoms with Gasteiger partial charge in [0.15, 0.2) is 11.5 Å². The molecule has 0 saturated carbocycles. The maximum absolute atomic E-state index is 11.7. The number of hydrogen-bond donors (Lipinski definition) is 1. The van der Waals surface area contributed by atoms with Gasteiger partial charge in [-0.15, -0.1) is 0 Å². The van der Waals surface area contributed by atoms with Gasteiger partial charge in [0.05, 0.1) is 26.9 Å². The molecule has 0 aromatic heterocycles. The highest BCUT2D eigenvalue weighted by atomic mass is 16.5. The topological polar surface area (TPSA) is 65.0 Å². The number of rotatable bonds is 4. The van der Waals surface area contributed by atoms with E-state index in [1.807, 2.05) is 18.2 Å². The van der Waals surface area contributed by atoms with Crippen LogP contribution in [0.5, 0.6) is 17.2 Å². The zero-order chi connectivity index (χ0) is 16.6. The van der Waals surface area contributed by atoms with E-state index >= 15 is 0 Å². The van der Waals surface area contributed by atoms with E-state index in [4.69, 9.17) is 14.2 Å². The Morgan fingerprint density at radius 3 is 2.04 bits per heavy atom. The first-order chi connectivity index (χ1) is 11.1. The van der Waals surface area contributed by atoms with E-state index in [0.29, 0.717) is 22.6 Å². The number of methoxy groups -OCH3 is 3. The van der Waals surface area contributed by atoms with Gasteiger partial charge in [0, 0.05) is 10.8 Å². The van der Waals surface area contributed by atoms with Gasteiger partial charge >= 0.3 is 5.97 Å². The van der Waals surface area contributed by atoms with E-state index in [9.17, 15) is 9.90 Å². The van der Waals surface area contributed by atoms with Crippen LogP contribution in [0.4, 0.5) is 0 Å². The second-order valence-corrected chi connectivity index (χ2v) is 5.04. The molecule has 0 saturated heterocycles. The Morgan fingerprint density at radius 1 is 0.870 bits per heavy atom. The standard InChI is InChI=1S/C18H16O5/c1-21-14-6-4-5-10-7-13(18(19)20)11-8-15(22-2)16(23-3)9-12(11)17(10)14/h4-9H,1-3H3,(H,19,20). The summed E-state index contributed by atoms with van der Waals surface area (Å²) in [6, 6.07) is 10.7. The van der Waals surface area contributed by atoms with Crippen LogP contribution in [-0.2, 0) is 0 Å². The quantitative estimate of drug-likeness (QED) is 0.744. The predicted octanol–water partition coefficient (Wildman–Crippen LogP) is 3.72. The van der Waals surface area contributed by atoms with E-state index in [2.05, 4.69) is 0 Å². The van der Waals surface area contributed by atoms with Crippen molar-refractivity contribution in [2.45, 2.75) is 0 Å². The first kappa shape index (κ1) is 15.0. The van der Waals surface area contributed by atoms with Crippen molar-refractivity contribution in [2.24, 2.45) is 0 Å². The third-order valence-corrected chi connectivity index (χ3v) is 3.89. The summed E-state index contributed by atoms with van der Waals surface area (Å²) in [6.07, 6.45) is 0. The summed E-state index contributed by atoms with van der Waals surface area (Å²) in [6.45, 7) is 0. The first-order valence-electron chi connectivity index (χ1n) is 6.99. The average Bonchev–Trinajstić information content (AvgIpc) is 2.58. The van der Waals surface area contributed by atoms with Crippen molar-refractivity contribution in [3.05, 3.63) is 42.0 Å². The molecule has 3 aromatic rings. The smallest absolute Gasteiger partial charge is 0.336 e. The molecule has 0 amide bonds. The van der Waals surface area contributed by atoms with Crippen molar-refractivity contribution in [2.75, 3.05) is 21.3 Å². The number of fused-ring (bicyclic) bond motifs is 3. The fourth-order valence-corrected chi connectivity index (χ4v) is 2.85. The molecule has 5 heteroatoms. The number of carboxylic acids is 1. The summed E-state index contributed by atoms with van der Waals surface area (Å²) >= 11 is 0. The van der Waals surface area contributed by atoms with Gasteiger partial charge in [0.1, 0.15) is 5.75 Å². The molecule has 0 fully saturated rings. The largest absolute Gasteiger partial charge is 0.496 e. The zero-order valence-corrected chi connectivity index (χ0v) is 13.0. The molecule has 0 aliphatic heterocycles. The van der Waals surface area contributed by atoms with Gasteiger partial charge in [-0.3, -0.25) is 0 Å². The number of aromatic carboxylic acids is 1. The van der Waals surface area contributed by atoms with E-state index in [0.717, 1.165) is 16.2 Å². The monoisotopic (exact) mass is 312 g/mol. The van der Waals surface area contributed by atoms with Crippen molar-refractivity contribution in [3.63, 3.8) is 0 Å². The summed E-state index contributed by atoms with van der Waals surface area (Å²) < 4.78 is 16.1. The molecule has 0 radical (unpaired) electrons. The molecule has 118 valence electrons. The van der Waals surface area contributed by atoms with Crippen LogP contribution in [0.1, 0.15) is 10.4 Å². The Bertz CT molecular complexity index is 914. The van der Waals surface area contributed by atoms with Crippen molar-refractivity contribution in [1.82, 2.24) is 0 Å². The van der Waals surface area contributed by atoms with Gasteiger partial charge in [-0.05, 0) is 35.0 Å². The molecule has 0 spiro atoms. The van der Waals surface area contributed by atoms with Crippen molar-refractivity contribution < 1.29 is 24.1 Å². The normalized spacial score (nSPS) is 10.7. The molecular weight excluding hydrogens is 296 g/mol. The summed E-state index contributed by atoms with van der Waals surface area (Å²) in [5, 5.41) is 12.5. The first-order valence-corrected chi connectivity index (χ1v) is 6.99. The number of carboxylic acid groups (broad SMARTS) is 1. The zero-order valence-electron chi connectivity index (χ0n) is 13.0. The highest BCUT2D eigenvalue weighted by Crippen LogP contribution is 2.40. The van der Waals surface area contributed by atoms with Crippen LogP contribution in [0.3, 0.4) is 0 Å². The van der Waals surface area contributed by atoms with E-state index in [1.54, 1.807) is 32.4 Å². The molecule has 0 aliphatic rings. The van der Waals surface area contributed by atoms with Crippen molar-refractivity contribution >= 4 is 27.5 Å². The average molecular weight is 312 g/mol. The number of hydrogen-bond acceptors (Lipinski definition) is 4. The van der Waals surface area contributed by atoms with Crippen LogP contribution < -0.4 is 14.2 Å². The van der Waals surface area contributed by atoms with Crippen LogP contribution in [0.25, 0.3) is 21.5 Å². The lowest BCUT2D eigenvalue weighted by atomic mass is 9.96. The Labute approximate surface area is 133 Å². The molecule has 1 N–H and O–H groups in total. The molecule has 0 atom stereocenters. The lowest BCUT2D eigenvalue weighted by Gasteiger charge is -2.14. The van der Waals surface area contributed by atoms with Gasteiger partial charge in [-0.2, -0.15) is 0 Å². The molecule has 5 nitrogen and oxygen atoms in total. The van der Waals surface area contributed by atoms with E-state index in [1.165, 1.54) is 7.11 Å². The fraction of sp³-hybridized carbons (Fsp3) is 0.167. The molecule has 0 aliphatic carbocycles. The summed E-state index contributed by atoms with van der Waals surface area (Å²) in [5.41, 5.74) is 0.210. The highest BCUT2D eigenvalue weighted by molar-refractivity contribution is 6.18. The van der Waals surface area contributed by atoms with E-state index in [-0.39, 0.29) is 5.56 Å². The Morgan fingerprint density at radius 2 is 1.48 bits per heavy atom. The van der Waals surface area contributed by atoms with Gasteiger partial charge in [0.25, 0.3) is 0 Å². The summed E-state index contributed by atoms with van der Waals surface area (Å²) in [4.78, 5) is 11.7. The van der Waals surface area contributed by atoms with Crippen LogP contribution in [0.2, 0.25) is 0 Å². The lowest BCUT2D eigenvalue weighted by molar-refractivity contribution is 0.0699. The van der Waals surface area contributed by atoms with Crippen LogP contribution >= 0.6 is 0 Å². The lowest BCUT2D eigenvalue weighted by Crippen LogP contribution is -2.00. The number of benzene rings is 3. The SMILES string of the molecule is COc1cc2c(C(=O)O)cc3cccc(OC)c3c2cc1OC. The maximum Gasteiger partial charge on any atom is 0.336 e. The second kappa shape index (κ2) is 5.68. The van der Waals surface area contributed by atoms with Gasteiger partial charge in [0.2, 0.25) is 0 Å². The minimum Gasteiger partial charge on any atom is -0.496 e. The second-order valence-electron chi connectivity index (χ2n) is 5.04. The number of carbonyl (C=O) groups is 1. The fourth-order valence-electron chi connectivity index (χ4n) is 2.85. The van der Waals surface area contributed by atoms with Crippen LogP contribution in [-0.4, -0.2) is 32.4 Å². The van der Waals surface area contributed by atoms with Crippen LogP contribution in [0, 0.1) is 0 Å². The minimum atomic E-state index is -0.994.